The molecule has 3 aliphatic rings. The zero-order valence-electron chi connectivity index (χ0n) is 19.1. The lowest BCUT2D eigenvalue weighted by atomic mass is 10.0. The lowest BCUT2D eigenvalue weighted by molar-refractivity contribution is 0.0993. The van der Waals surface area contributed by atoms with Crippen molar-refractivity contribution in [1.82, 2.24) is 30.0 Å². The SMILES string of the molecule is Clc1ccccc1C(c1nnnn1C1CCCC1)N1CCN(Cc2ccc3c(c2)OCO3)CC1. The highest BCUT2D eigenvalue weighted by atomic mass is 35.5. The van der Waals surface area contributed by atoms with E-state index in [-0.39, 0.29) is 6.04 Å². The molecule has 1 saturated heterocycles. The van der Waals surface area contributed by atoms with E-state index in [1.54, 1.807) is 0 Å². The Bertz CT molecular complexity index is 1140. The van der Waals surface area contributed by atoms with Crippen LogP contribution in [0.1, 0.15) is 54.7 Å². The number of hydrogen-bond acceptors (Lipinski definition) is 7. The van der Waals surface area contributed by atoms with Crippen molar-refractivity contribution in [3.63, 3.8) is 0 Å². The summed E-state index contributed by atoms with van der Waals surface area (Å²) in [7, 11) is 0. The quantitative estimate of drug-likeness (QED) is 0.526. The second kappa shape index (κ2) is 9.52. The highest BCUT2D eigenvalue weighted by Crippen LogP contribution is 2.37. The van der Waals surface area contributed by atoms with Crippen LogP contribution >= 0.6 is 11.6 Å². The molecule has 0 amide bonds. The number of aromatic nitrogens is 4. The number of piperazine rings is 1. The smallest absolute Gasteiger partial charge is 0.231 e. The number of nitrogens with zero attached hydrogens (tertiary/aromatic N) is 6. The molecule has 9 heteroatoms. The average molecular weight is 481 g/mol. The molecule has 0 N–H and O–H groups in total. The van der Waals surface area contributed by atoms with Gasteiger partial charge < -0.3 is 9.47 Å². The first-order valence-corrected chi connectivity index (χ1v) is 12.5. The van der Waals surface area contributed by atoms with E-state index in [2.05, 4.69) is 48.2 Å². The number of ether oxygens (including phenoxy) is 2. The number of tetrazole rings is 1. The lowest BCUT2D eigenvalue weighted by Crippen LogP contribution is -2.48. The summed E-state index contributed by atoms with van der Waals surface area (Å²) in [6.45, 7) is 4.94. The molecule has 8 nitrogen and oxygen atoms in total. The summed E-state index contributed by atoms with van der Waals surface area (Å²) < 4.78 is 13.1. The van der Waals surface area contributed by atoms with Gasteiger partial charge in [0.15, 0.2) is 17.3 Å². The minimum Gasteiger partial charge on any atom is -0.454 e. The summed E-state index contributed by atoms with van der Waals surface area (Å²) in [5.41, 5.74) is 2.31. The van der Waals surface area contributed by atoms with Gasteiger partial charge in [0.25, 0.3) is 0 Å². The van der Waals surface area contributed by atoms with Crippen LogP contribution in [-0.2, 0) is 6.54 Å². The third kappa shape index (κ3) is 4.26. The number of benzene rings is 2. The van der Waals surface area contributed by atoms with E-state index in [1.807, 2.05) is 24.3 Å². The van der Waals surface area contributed by atoms with E-state index in [0.29, 0.717) is 12.8 Å². The van der Waals surface area contributed by atoms with E-state index in [1.165, 1.54) is 18.4 Å². The maximum Gasteiger partial charge on any atom is 0.231 e. The Morgan fingerprint density at radius 3 is 2.59 bits per heavy atom. The molecule has 3 aromatic rings. The Labute approximate surface area is 204 Å². The van der Waals surface area contributed by atoms with E-state index in [0.717, 1.165) is 73.5 Å². The van der Waals surface area contributed by atoms with Crippen LogP contribution in [0.4, 0.5) is 0 Å². The summed E-state index contributed by atoms with van der Waals surface area (Å²) >= 11 is 6.71. The van der Waals surface area contributed by atoms with Gasteiger partial charge in [0.1, 0.15) is 0 Å². The first kappa shape index (κ1) is 21.8. The van der Waals surface area contributed by atoms with Crippen molar-refractivity contribution >= 4 is 11.6 Å². The summed E-state index contributed by atoms with van der Waals surface area (Å²) in [6, 6.07) is 14.6. The molecule has 2 fully saturated rings. The first-order chi connectivity index (χ1) is 16.8. The summed E-state index contributed by atoms with van der Waals surface area (Å²) in [5.74, 6) is 2.58. The third-order valence-corrected chi connectivity index (χ3v) is 7.59. The number of rotatable bonds is 6. The second-order valence-electron chi connectivity index (χ2n) is 9.34. The molecular formula is C25H29ClN6O2. The maximum absolute atomic E-state index is 6.71. The van der Waals surface area contributed by atoms with Gasteiger partial charge >= 0.3 is 0 Å². The van der Waals surface area contributed by atoms with Gasteiger partial charge in [-0.05, 0) is 52.6 Å². The van der Waals surface area contributed by atoms with Crippen LogP contribution in [0.15, 0.2) is 42.5 Å². The molecule has 2 aromatic carbocycles. The minimum atomic E-state index is -0.0583. The standard InChI is InChI=1S/C25H29ClN6O2/c26-21-8-4-3-7-20(21)24(25-27-28-29-32(25)19-5-1-2-6-19)31-13-11-30(12-14-31)16-18-9-10-22-23(15-18)34-17-33-22/h3-4,7-10,15,19,24H,1-2,5-6,11-14,16-17H2. The minimum absolute atomic E-state index is 0.0583. The predicted octanol–water partition coefficient (Wildman–Crippen LogP) is 4.08. The van der Waals surface area contributed by atoms with Gasteiger partial charge in [-0.25, -0.2) is 4.68 Å². The fourth-order valence-electron chi connectivity index (χ4n) is 5.46. The van der Waals surface area contributed by atoms with Crippen LogP contribution in [0.25, 0.3) is 0 Å². The molecule has 6 rings (SSSR count). The van der Waals surface area contributed by atoms with Crippen molar-refractivity contribution < 1.29 is 9.47 Å². The fourth-order valence-corrected chi connectivity index (χ4v) is 5.70. The molecular weight excluding hydrogens is 452 g/mol. The van der Waals surface area contributed by atoms with Gasteiger partial charge in [-0.15, -0.1) is 5.10 Å². The second-order valence-corrected chi connectivity index (χ2v) is 9.75. The van der Waals surface area contributed by atoms with Crippen LogP contribution in [-0.4, -0.2) is 63.0 Å². The van der Waals surface area contributed by atoms with Gasteiger partial charge in [0.2, 0.25) is 6.79 Å². The Kier molecular flexibility index (Phi) is 6.11. The summed E-state index contributed by atoms with van der Waals surface area (Å²) in [4.78, 5) is 4.96. The van der Waals surface area contributed by atoms with Gasteiger partial charge in [0.05, 0.1) is 12.1 Å². The molecule has 1 aromatic heterocycles. The van der Waals surface area contributed by atoms with Crippen LogP contribution in [0, 0.1) is 0 Å². The van der Waals surface area contributed by atoms with E-state index < -0.39 is 0 Å². The molecule has 2 aliphatic heterocycles. The molecule has 1 atom stereocenters. The van der Waals surface area contributed by atoms with Crippen LogP contribution < -0.4 is 9.47 Å². The van der Waals surface area contributed by atoms with Crippen molar-refractivity contribution in [1.29, 1.82) is 0 Å². The van der Waals surface area contributed by atoms with Gasteiger partial charge in [-0.3, -0.25) is 9.80 Å². The van der Waals surface area contributed by atoms with E-state index in [9.17, 15) is 0 Å². The number of fused-ring (bicyclic) bond motifs is 1. The predicted molar refractivity (Wildman–Crippen MR) is 128 cm³/mol. The number of halogens is 1. The molecule has 3 heterocycles. The lowest BCUT2D eigenvalue weighted by Gasteiger charge is -2.39. The summed E-state index contributed by atoms with van der Waals surface area (Å²) in [6.07, 6.45) is 4.74. The highest BCUT2D eigenvalue weighted by molar-refractivity contribution is 6.31. The average Bonchev–Trinajstić information content (AvgIpc) is 3.63. The van der Waals surface area contributed by atoms with Crippen LogP contribution in [0.2, 0.25) is 5.02 Å². The largest absolute Gasteiger partial charge is 0.454 e. The van der Waals surface area contributed by atoms with E-state index in [4.69, 9.17) is 21.1 Å². The van der Waals surface area contributed by atoms with Crippen molar-refractivity contribution in [3.05, 3.63) is 64.4 Å². The molecule has 0 spiro atoms. The van der Waals surface area contributed by atoms with E-state index >= 15 is 0 Å². The van der Waals surface area contributed by atoms with Gasteiger partial charge in [0, 0.05) is 37.7 Å². The molecule has 34 heavy (non-hydrogen) atoms. The van der Waals surface area contributed by atoms with Crippen LogP contribution in [0.3, 0.4) is 0 Å². The summed E-state index contributed by atoms with van der Waals surface area (Å²) in [5, 5.41) is 13.8. The molecule has 0 radical (unpaired) electrons. The molecule has 1 aliphatic carbocycles. The Hall–Kier alpha value is -2.68. The molecule has 178 valence electrons. The molecule has 1 unspecified atom stereocenters. The van der Waals surface area contributed by atoms with Crippen molar-refractivity contribution in [3.8, 4) is 11.5 Å². The van der Waals surface area contributed by atoms with Gasteiger partial charge in [-0.1, -0.05) is 48.7 Å². The Morgan fingerprint density at radius 1 is 0.971 bits per heavy atom. The monoisotopic (exact) mass is 480 g/mol. The Balaban J connectivity index is 1.21. The van der Waals surface area contributed by atoms with Crippen molar-refractivity contribution in [2.75, 3.05) is 33.0 Å². The van der Waals surface area contributed by atoms with Crippen molar-refractivity contribution in [2.45, 2.75) is 44.3 Å². The Morgan fingerprint density at radius 2 is 1.76 bits per heavy atom. The third-order valence-electron chi connectivity index (χ3n) is 7.25. The topological polar surface area (TPSA) is 68.5 Å². The maximum atomic E-state index is 6.71. The molecule has 1 saturated carbocycles. The first-order valence-electron chi connectivity index (χ1n) is 12.1. The normalized spacial score (nSPS) is 20.1. The van der Waals surface area contributed by atoms with Gasteiger partial charge in [-0.2, -0.15) is 0 Å². The highest BCUT2D eigenvalue weighted by Gasteiger charge is 2.34. The van der Waals surface area contributed by atoms with Crippen LogP contribution in [0.5, 0.6) is 11.5 Å². The fraction of sp³-hybridized carbons (Fsp3) is 0.480. The van der Waals surface area contributed by atoms with Crippen molar-refractivity contribution in [2.24, 2.45) is 0 Å². The zero-order valence-corrected chi connectivity index (χ0v) is 19.9. The zero-order chi connectivity index (χ0) is 22.9. The molecule has 0 bridgehead atoms. The number of hydrogen-bond donors (Lipinski definition) is 0.